The summed E-state index contributed by atoms with van der Waals surface area (Å²) in [6.45, 7) is 4.01. The Bertz CT molecular complexity index is 740. The van der Waals surface area contributed by atoms with Crippen molar-refractivity contribution in [1.29, 1.82) is 0 Å². The highest BCUT2D eigenvalue weighted by molar-refractivity contribution is 7.11. The van der Waals surface area contributed by atoms with Gasteiger partial charge in [0.05, 0.1) is 17.7 Å². The first-order chi connectivity index (χ1) is 12.0. The summed E-state index contributed by atoms with van der Waals surface area (Å²) >= 11 is 1.33. The highest BCUT2D eigenvalue weighted by Gasteiger charge is 2.18. The molecule has 9 heteroatoms. The molecule has 0 saturated carbocycles. The van der Waals surface area contributed by atoms with Gasteiger partial charge in [0.2, 0.25) is 11.9 Å². The van der Waals surface area contributed by atoms with Crippen molar-refractivity contribution in [2.45, 2.75) is 32.7 Å². The van der Waals surface area contributed by atoms with Crippen LogP contribution < -0.4 is 15.1 Å². The number of carbonyl (C=O) groups is 1. The smallest absolute Gasteiger partial charge is 0.263 e. The molecule has 0 unspecified atom stereocenters. The monoisotopic (exact) mass is 361 g/mol. The fourth-order valence-corrected chi connectivity index (χ4v) is 3.39. The number of rotatable bonds is 5. The predicted molar refractivity (Wildman–Crippen MR) is 98.2 cm³/mol. The Morgan fingerprint density at radius 3 is 2.64 bits per heavy atom. The topological polar surface area (TPSA) is 87.1 Å². The maximum absolute atomic E-state index is 12.3. The first-order valence-corrected chi connectivity index (χ1v) is 9.28. The molecule has 0 bridgehead atoms. The summed E-state index contributed by atoms with van der Waals surface area (Å²) in [4.78, 5) is 34.6. The standard InChI is InChI=1S/C16H23N7OS/c1-11-13(25-10-18-11)14(24)17-9-12-19-15(22(2)3)21-16(20-12)23-7-5-4-6-8-23/h10H,4-9H2,1-3H3,(H,17,24). The quantitative estimate of drug-likeness (QED) is 0.866. The van der Waals surface area contributed by atoms with Crippen LogP contribution in [0.1, 0.15) is 40.5 Å². The molecule has 3 rings (SSSR count). The van der Waals surface area contributed by atoms with Crippen molar-refractivity contribution in [2.75, 3.05) is 37.0 Å². The number of amides is 1. The number of nitrogens with one attached hydrogen (secondary N) is 1. The molecule has 2 aromatic heterocycles. The predicted octanol–water partition coefficient (Wildman–Crippen LogP) is 1.62. The van der Waals surface area contributed by atoms with Gasteiger partial charge in [-0.15, -0.1) is 11.3 Å². The van der Waals surface area contributed by atoms with E-state index in [4.69, 9.17) is 0 Å². The molecule has 0 atom stereocenters. The van der Waals surface area contributed by atoms with Crippen LogP contribution in [0.2, 0.25) is 0 Å². The average molecular weight is 361 g/mol. The number of aryl methyl sites for hydroxylation is 1. The van der Waals surface area contributed by atoms with Crippen molar-refractivity contribution in [3.63, 3.8) is 0 Å². The van der Waals surface area contributed by atoms with E-state index in [0.717, 1.165) is 31.6 Å². The molecule has 134 valence electrons. The van der Waals surface area contributed by atoms with Gasteiger partial charge in [0.15, 0.2) is 5.82 Å². The Morgan fingerprint density at radius 1 is 1.24 bits per heavy atom. The first kappa shape index (κ1) is 17.5. The number of hydrogen-bond acceptors (Lipinski definition) is 8. The molecule has 1 aliphatic rings. The van der Waals surface area contributed by atoms with E-state index < -0.39 is 0 Å². The van der Waals surface area contributed by atoms with Crippen LogP contribution in [0.4, 0.5) is 11.9 Å². The highest BCUT2D eigenvalue weighted by atomic mass is 32.1. The molecule has 2 aromatic rings. The molecule has 1 fully saturated rings. The molecule has 1 aliphatic heterocycles. The number of nitrogens with zero attached hydrogens (tertiary/aromatic N) is 6. The number of aromatic nitrogens is 4. The zero-order chi connectivity index (χ0) is 17.8. The third-order valence-corrected chi connectivity index (χ3v) is 4.98. The van der Waals surface area contributed by atoms with Crippen LogP contribution in [0.25, 0.3) is 0 Å². The Balaban J connectivity index is 1.76. The molecule has 3 heterocycles. The molecule has 0 aliphatic carbocycles. The minimum atomic E-state index is -0.147. The van der Waals surface area contributed by atoms with E-state index in [1.54, 1.807) is 5.51 Å². The Morgan fingerprint density at radius 2 is 2.00 bits per heavy atom. The van der Waals surface area contributed by atoms with Crippen LogP contribution >= 0.6 is 11.3 Å². The normalized spacial score (nSPS) is 14.4. The van der Waals surface area contributed by atoms with Crippen LogP contribution in [-0.4, -0.2) is 53.0 Å². The van der Waals surface area contributed by atoms with Crippen LogP contribution in [0, 0.1) is 6.92 Å². The lowest BCUT2D eigenvalue weighted by Crippen LogP contribution is -2.32. The number of hydrogen-bond donors (Lipinski definition) is 1. The van der Waals surface area contributed by atoms with Crippen molar-refractivity contribution >= 4 is 29.1 Å². The van der Waals surface area contributed by atoms with E-state index >= 15 is 0 Å². The summed E-state index contributed by atoms with van der Waals surface area (Å²) in [7, 11) is 3.80. The lowest BCUT2D eigenvalue weighted by atomic mass is 10.1. The maximum Gasteiger partial charge on any atom is 0.263 e. The van der Waals surface area contributed by atoms with Crippen LogP contribution in [0.15, 0.2) is 5.51 Å². The second-order valence-electron chi connectivity index (χ2n) is 6.24. The lowest BCUT2D eigenvalue weighted by Gasteiger charge is -2.27. The van der Waals surface area contributed by atoms with Crippen molar-refractivity contribution < 1.29 is 4.79 Å². The summed E-state index contributed by atoms with van der Waals surface area (Å²) in [5.74, 6) is 1.71. The fourth-order valence-electron chi connectivity index (χ4n) is 2.67. The molecule has 1 saturated heterocycles. The molecule has 25 heavy (non-hydrogen) atoms. The number of carbonyl (C=O) groups excluding carboxylic acids is 1. The van der Waals surface area contributed by atoms with Gasteiger partial charge in [-0.3, -0.25) is 4.79 Å². The van der Waals surface area contributed by atoms with Crippen molar-refractivity contribution in [3.8, 4) is 0 Å². The minimum Gasteiger partial charge on any atom is -0.347 e. The molecular weight excluding hydrogens is 338 g/mol. The highest BCUT2D eigenvalue weighted by Crippen LogP contribution is 2.18. The van der Waals surface area contributed by atoms with Crippen molar-refractivity contribution in [1.82, 2.24) is 25.3 Å². The summed E-state index contributed by atoms with van der Waals surface area (Å²) in [6.07, 6.45) is 3.55. The zero-order valence-corrected chi connectivity index (χ0v) is 15.6. The number of anilines is 2. The van der Waals surface area contributed by atoms with Gasteiger partial charge in [-0.1, -0.05) is 0 Å². The van der Waals surface area contributed by atoms with Gasteiger partial charge >= 0.3 is 0 Å². The third kappa shape index (κ3) is 4.22. The molecule has 0 aromatic carbocycles. The van der Waals surface area contributed by atoms with E-state index in [2.05, 4.69) is 30.2 Å². The third-order valence-electron chi connectivity index (χ3n) is 4.06. The number of thiazole rings is 1. The summed E-state index contributed by atoms with van der Waals surface area (Å²) in [6, 6.07) is 0. The van der Waals surface area contributed by atoms with Crippen LogP contribution in [0.5, 0.6) is 0 Å². The van der Waals surface area contributed by atoms with Gasteiger partial charge in [-0.25, -0.2) is 4.98 Å². The fraction of sp³-hybridized carbons (Fsp3) is 0.562. The summed E-state index contributed by atoms with van der Waals surface area (Å²) in [5, 5.41) is 2.88. The second-order valence-corrected chi connectivity index (χ2v) is 7.10. The average Bonchev–Trinajstić information content (AvgIpc) is 3.06. The van der Waals surface area contributed by atoms with Crippen LogP contribution in [-0.2, 0) is 6.54 Å². The molecule has 0 spiro atoms. The van der Waals surface area contributed by atoms with Gasteiger partial charge in [-0.05, 0) is 26.2 Å². The second kappa shape index (κ2) is 7.73. The Kier molecular flexibility index (Phi) is 5.42. The van der Waals surface area contributed by atoms with E-state index in [1.807, 2.05) is 25.9 Å². The zero-order valence-electron chi connectivity index (χ0n) is 14.8. The van der Waals surface area contributed by atoms with Crippen molar-refractivity contribution in [3.05, 3.63) is 21.9 Å². The van der Waals surface area contributed by atoms with Crippen LogP contribution in [0.3, 0.4) is 0 Å². The minimum absolute atomic E-state index is 0.147. The summed E-state index contributed by atoms with van der Waals surface area (Å²) < 4.78 is 0. The van der Waals surface area contributed by atoms with Gasteiger partial charge < -0.3 is 15.1 Å². The molecule has 1 amide bonds. The molecular formula is C16H23N7OS. The Labute approximate surface area is 151 Å². The van der Waals surface area contributed by atoms with Gasteiger partial charge in [0.1, 0.15) is 4.88 Å². The first-order valence-electron chi connectivity index (χ1n) is 8.40. The maximum atomic E-state index is 12.3. The van der Waals surface area contributed by atoms with E-state index in [0.29, 0.717) is 22.6 Å². The van der Waals surface area contributed by atoms with E-state index in [9.17, 15) is 4.79 Å². The SMILES string of the molecule is Cc1ncsc1C(=O)NCc1nc(N(C)C)nc(N2CCCCC2)n1. The van der Waals surface area contributed by atoms with E-state index in [1.165, 1.54) is 17.8 Å². The van der Waals surface area contributed by atoms with Gasteiger partial charge in [-0.2, -0.15) is 15.0 Å². The molecule has 8 nitrogen and oxygen atoms in total. The molecule has 1 N–H and O–H groups in total. The van der Waals surface area contributed by atoms with Crippen molar-refractivity contribution in [2.24, 2.45) is 0 Å². The number of piperidine rings is 1. The van der Waals surface area contributed by atoms with E-state index in [-0.39, 0.29) is 12.5 Å². The Hall–Kier alpha value is -2.29. The van der Waals surface area contributed by atoms with Gasteiger partial charge in [0, 0.05) is 27.2 Å². The summed E-state index contributed by atoms with van der Waals surface area (Å²) in [5.41, 5.74) is 2.41. The molecule has 0 radical (unpaired) electrons. The lowest BCUT2D eigenvalue weighted by molar-refractivity contribution is 0.0953. The van der Waals surface area contributed by atoms with Gasteiger partial charge in [0.25, 0.3) is 5.91 Å². The largest absolute Gasteiger partial charge is 0.347 e.